The van der Waals surface area contributed by atoms with E-state index < -0.39 is 5.82 Å². The monoisotopic (exact) mass is 233 g/mol. The van der Waals surface area contributed by atoms with Gasteiger partial charge in [0.25, 0.3) is 0 Å². The second kappa shape index (κ2) is 5.20. The molecule has 0 spiro atoms. The Bertz CT molecular complexity index is 488. The minimum Gasteiger partial charge on any atom is -0.368 e. The van der Waals surface area contributed by atoms with Gasteiger partial charge in [0.1, 0.15) is 0 Å². The molecule has 2 heterocycles. The standard InChI is InChI=1S/C11H12FN5/c12-9-7-16-11(13)17-10(9)15-5-3-8-2-1-4-14-6-8/h1-2,4,6-7H,3,5H2,(H3,13,15,16,17). The Kier molecular flexibility index (Phi) is 3.44. The first-order chi connectivity index (χ1) is 8.25. The minimum absolute atomic E-state index is 0.0512. The Balaban J connectivity index is 1.92. The zero-order chi connectivity index (χ0) is 12.1. The Hall–Kier alpha value is -2.24. The third-order valence-corrected chi connectivity index (χ3v) is 2.19. The maximum Gasteiger partial charge on any atom is 0.222 e. The summed E-state index contributed by atoms with van der Waals surface area (Å²) in [4.78, 5) is 11.3. The molecule has 0 atom stereocenters. The molecule has 0 unspecified atom stereocenters. The van der Waals surface area contributed by atoms with Gasteiger partial charge in [0.15, 0.2) is 11.6 Å². The second-order valence-electron chi connectivity index (χ2n) is 3.46. The molecule has 6 heteroatoms. The van der Waals surface area contributed by atoms with Crippen molar-refractivity contribution in [1.29, 1.82) is 0 Å². The van der Waals surface area contributed by atoms with E-state index >= 15 is 0 Å². The Morgan fingerprint density at radius 3 is 3.00 bits per heavy atom. The van der Waals surface area contributed by atoms with E-state index in [0.717, 1.165) is 18.2 Å². The normalized spacial score (nSPS) is 10.2. The summed E-state index contributed by atoms with van der Waals surface area (Å²) in [6, 6.07) is 3.82. The van der Waals surface area contributed by atoms with Gasteiger partial charge in [0, 0.05) is 18.9 Å². The van der Waals surface area contributed by atoms with E-state index in [4.69, 9.17) is 5.73 Å². The quantitative estimate of drug-likeness (QED) is 0.831. The van der Waals surface area contributed by atoms with Gasteiger partial charge in [-0.05, 0) is 18.1 Å². The fraction of sp³-hybridized carbons (Fsp3) is 0.182. The number of anilines is 2. The molecule has 5 nitrogen and oxygen atoms in total. The van der Waals surface area contributed by atoms with Gasteiger partial charge >= 0.3 is 0 Å². The number of pyridine rings is 1. The predicted molar refractivity (Wildman–Crippen MR) is 62.8 cm³/mol. The Morgan fingerprint density at radius 2 is 2.24 bits per heavy atom. The molecule has 0 aromatic carbocycles. The van der Waals surface area contributed by atoms with Crippen LogP contribution in [0.1, 0.15) is 5.56 Å². The van der Waals surface area contributed by atoms with E-state index in [0.29, 0.717) is 6.54 Å². The van der Waals surface area contributed by atoms with Gasteiger partial charge in [-0.1, -0.05) is 6.07 Å². The molecule has 2 aromatic heterocycles. The van der Waals surface area contributed by atoms with E-state index in [1.54, 1.807) is 12.4 Å². The third-order valence-electron chi connectivity index (χ3n) is 2.19. The Morgan fingerprint density at radius 1 is 1.35 bits per heavy atom. The number of nitrogens with two attached hydrogens (primary N) is 1. The van der Waals surface area contributed by atoms with Gasteiger partial charge in [0.05, 0.1) is 6.20 Å². The van der Waals surface area contributed by atoms with Gasteiger partial charge in [-0.3, -0.25) is 4.98 Å². The number of hydrogen-bond acceptors (Lipinski definition) is 5. The van der Waals surface area contributed by atoms with Crippen LogP contribution >= 0.6 is 0 Å². The summed E-state index contributed by atoms with van der Waals surface area (Å²) in [6.07, 6.45) is 5.26. The highest BCUT2D eigenvalue weighted by Crippen LogP contribution is 2.10. The molecular formula is C11H12FN5. The van der Waals surface area contributed by atoms with Crippen LogP contribution in [0.3, 0.4) is 0 Å². The van der Waals surface area contributed by atoms with Crippen LogP contribution in [0.15, 0.2) is 30.7 Å². The molecule has 0 saturated heterocycles. The van der Waals surface area contributed by atoms with Crippen LogP contribution in [0, 0.1) is 5.82 Å². The van der Waals surface area contributed by atoms with Crippen LogP contribution in [0.2, 0.25) is 0 Å². The topological polar surface area (TPSA) is 76.7 Å². The number of halogens is 1. The fourth-order valence-corrected chi connectivity index (χ4v) is 1.38. The van der Waals surface area contributed by atoms with Crippen molar-refractivity contribution >= 4 is 11.8 Å². The van der Waals surface area contributed by atoms with Gasteiger partial charge in [-0.25, -0.2) is 9.37 Å². The van der Waals surface area contributed by atoms with Crippen molar-refractivity contribution in [2.45, 2.75) is 6.42 Å². The van der Waals surface area contributed by atoms with Crippen molar-refractivity contribution in [3.8, 4) is 0 Å². The molecule has 2 rings (SSSR count). The van der Waals surface area contributed by atoms with Gasteiger partial charge < -0.3 is 11.1 Å². The molecule has 0 fully saturated rings. The van der Waals surface area contributed by atoms with Crippen LogP contribution < -0.4 is 11.1 Å². The third kappa shape index (κ3) is 3.10. The highest BCUT2D eigenvalue weighted by atomic mass is 19.1. The van der Waals surface area contributed by atoms with Crippen molar-refractivity contribution in [3.63, 3.8) is 0 Å². The predicted octanol–water partition coefficient (Wildman–Crippen LogP) is 1.25. The van der Waals surface area contributed by atoms with Gasteiger partial charge in [-0.2, -0.15) is 4.98 Å². The molecule has 88 valence electrons. The van der Waals surface area contributed by atoms with Crippen LogP contribution in [0.5, 0.6) is 0 Å². The number of rotatable bonds is 4. The molecular weight excluding hydrogens is 221 g/mol. The summed E-state index contributed by atoms with van der Waals surface area (Å²) in [5, 5.41) is 2.87. The summed E-state index contributed by atoms with van der Waals surface area (Å²) in [5.74, 6) is -0.331. The Labute approximate surface area is 97.9 Å². The van der Waals surface area contributed by atoms with Crippen molar-refractivity contribution in [2.75, 3.05) is 17.6 Å². The molecule has 0 aliphatic carbocycles. The van der Waals surface area contributed by atoms with Crippen molar-refractivity contribution in [3.05, 3.63) is 42.1 Å². The van der Waals surface area contributed by atoms with Crippen LogP contribution in [-0.4, -0.2) is 21.5 Å². The molecule has 0 radical (unpaired) electrons. The summed E-state index contributed by atoms with van der Waals surface area (Å²) >= 11 is 0. The number of nitrogens with one attached hydrogen (secondary N) is 1. The van der Waals surface area contributed by atoms with E-state index in [-0.39, 0.29) is 11.8 Å². The first-order valence-electron chi connectivity index (χ1n) is 5.16. The summed E-state index contributed by atoms with van der Waals surface area (Å²) < 4.78 is 13.2. The SMILES string of the molecule is Nc1ncc(F)c(NCCc2cccnc2)n1. The molecule has 0 amide bonds. The van der Waals surface area contributed by atoms with Crippen LogP contribution in [0.25, 0.3) is 0 Å². The minimum atomic E-state index is -0.509. The lowest BCUT2D eigenvalue weighted by Crippen LogP contribution is -2.10. The lowest BCUT2D eigenvalue weighted by atomic mass is 10.2. The van der Waals surface area contributed by atoms with E-state index in [1.165, 1.54) is 0 Å². The van der Waals surface area contributed by atoms with E-state index in [1.807, 2.05) is 12.1 Å². The largest absolute Gasteiger partial charge is 0.368 e. The zero-order valence-electron chi connectivity index (χ0n) is 9.10. The average Bonchev–Trinajstić information content (AvgIpc) is 2.35. The molecule has 0 aliphatic rings. The molecule has 0 bridgehead atoms. The number of hydrogen-bond donors (Lipinski definition) is 2. The van der Waals surface area contributed by atoms with Gasteiger partial charge in [0.2, 0.25) is 5.95 Å². The zero-order valence-corrected chi connectivity index (χ0v) is 9.10. The number of nitrogen functional groups attached to an aromatic ring is 1. The maximum absolute atomic E-state index is 13.2. The maximum atomic E-state index is 13.2. The second-order valence-corrected chi connectivity index (χ2v) is 3.46. The lowest BCUT2D eigenvalue weighted by Gasteiger charge is -2.06. The van der Waals surface area contributed by atoms with Crippen LogP contribution in [-0.2, 0) is 6.42 Å². The summed E-state index contributed by atoms with van der Waals surface area (Å²) in [6.45, 7) is 0.555. The van der Waals surface area contributed by atoms with E-state index in [2.05, 4.69) is 20.3 Å². The van der Waals surface area contributed by atoms with Crippen molar-refractivity contribution in [1.82, 2.24) is 15.0 Å². The molecule has 17 heavy (non-hydrogen) atoms. The summed E-state index contributed by atoms with van der Waals surface area (Å²) in [5.41, 5.74) is 6.44. The first kappa shape index (κ1) is 11.3. The summed E-state index contributed by atoms with van der Waals surface area (Å²) in [7, 11) is 0. The van der Waals surface area contributed by atoms with Crippen LogP contribution in [0.4, 0.5) is 16.2 Å². The smallest absolute Gasteiger partial charge is 0.222 e. The van der Waals surface area contributed by atoms with E-state index in [9.17, 15) is 4.39 Å². The molecule has 0 aliphatic heterocycles. The fourth-order valence-electron chi connectivity index (χ4n) is 1.38. The molecule has 3 N–H and O–H groups in total. The van der Waals surface area contributed by atoms with Crippen molar-refractivity contribution < 1.29 is 4.39 Å². The average molecular weight is 233 g/mol. The highest BCUT2D eigenvalue weighted by Gasteiger charge is 2.04. The first-order valence-corrected chi connectivity index (χ1v) is 5.16. The number of aromatic nitrogens is 3. The lowest BCUT2D eigenvalue weighted by molar-refractivity contribution is 0.617. The van der Waals surface area contributed by atoms with Gasteiger partial charge in [-0.15, -0.1) is 0 Å². The number of nitrogens with zero attached hydrogens (tertiary/aromatic N) is 3. The molecule has 0 saturated carbocycles. The molecule has 2 aromatic rings. The van der Waals surface area contributed by atoms with Crippen molar-refractivity contribution in [2.24, 2.45) is 0 Å². The highest BCUT2D eigenvalue weighted by molar-refractivity contribution is 5.39.